The Morgan fingerprint density at radius 2 is 2.29 bits per heavy atom. The summed E-state index contributed by atoms with van der Waals surface area (Å²) in [6.07, 6.45) is -4.61. The molecule has 0 aromatic rings. The Hall–Kier alpha value is 0.610. The van der Waals surface area contributed by atoms with E-state index in [9.17, 15) is 13.2 Å². The maximum atomic E-state index is 12.2. The largest absolute Gasteiger partial charge is 0.413 e. The van der Waals surface area contributed by atoms with E-state index in [1.807, 2.05) is 0 Å². The predicted molar refractivity (Wildman–Crippen MR) is 54.7 cm³/mol. The molecule has 1 rings (SSSR count). The molecule has 0 aliphatic carbocycles. The second-order valence-electron chi connectivity index (χ2n) is 2.63. The third kappa shape index (κ3) is 3.32. The molecular formula is C7H7BrClF3OS. The maximum absolute atomic E-state index is 12.2. The number of thioether (sulfide) groups is 1. The van der Waals surface area contributed by atoms with Crippen LogP contribution in [-0.4, -0.2) is 22.5 Å². The van der Waals surface area contributed by atoms with Gasteiger partial charge in [0.15, 0.2) is 4.39 Å². The van der Waals surface area contributed by atoms with Crippen molar-refractivity contribution in [2.45, 2.75) is 17.0 Å². The van der Waals surface area contributed by atoms with E-state index in [0.717, 1.165) is 17.2 Å². The lowest BCUT2D eigenvalue weighted by atomic mass is 10.2. The smallest absolute Gasteiger partial charge is 0.349 e. The SMILES string of the molecule is FC(F)(F)C1=CSC(Cl)(OCCBr)C1. The van der Waals surface area contributed by atoms with Crippen LogP contribution in [0.25, 0.3) is 0 Å². The van der Waals surface area contributed by atoms with E-state index in [2.05, 4.69) is 15.9 Å². The molecule has 0 aromatic carbocycles. The lowest BCUT2D eigenvalue weighted by Crippen LogP contribution is -2.22. The number of ether oxygens (including phenoxy) is 1. The summed E-state index contributed by atoms with van der Waals surface area (Å²) in [5.74, 6) is 0. The van der Waals surface area contributed by atoms with Gasteiger partial charge in [0.25, 0.3) is 0 Å². The first-order chi connectivity index (χ1) is 6.37. The first-order valence-electron chi connectivity index (χ1n) is 3.70. The van der Waals surface area contributed by atoms with E-state index >= 15 is 0 Å². The van der Waals surface area contributed by atoms with Crippen molar-refractivity contribution in [3.8, 4) is 0 Å². The van der Waals surface area contributed by atoms with Crippen LogP contribution >= 0.6 is 39.3 Å². The molecule has 7 heteroatoms. The quantitative estimate of drug-likeness (QED) is 0.732. The van der Waals surface area contributed by atoms with Crippen molar-refractivity contribution in [2.75, 3.05) is 11.9 Å². The molecule has 0 spiro atoms. The van der Waals surface area contributed by atoms with E-state index < -0.39 is 16.1 Å². The van der Waals surface area contributed by atoms with Gasteiger partial charge in [-0.2, -0.15) is 13.2 Å². The predicted octanol–water partition coefficient (Wildman–Crippen LogP) is 3.87. The maximum Gasteiger partial charge on any atom is 0.413 e. The zero-order valence-corrected chi connectivity index (χ0v) is 10.1. The molecule has 0 bridgehead atoms. The molecule has 1 aliphatic rings. The van der Waals surface area contributed by atoms with Crippen molar-refractivity contribution in [3.05, 3.63) is 11.0 Å². The average Bonchev–Trinajstić information content (AvgIpc) is 2.45. The van der Waals surface area contributed by atoms with Crippen LogP contribution in [0.5, 0.6) is 0 Å². The Balaban J connectivity index is 2.52. The van der Waals surface area contributed by atoms with E-state index in [1.165, 1.54) is 0 Å². The number of rotatable bonds is 3. The summed E-state index contributed by atoms with van der Waals surface area (Å²) in [5.41, 5.74) is -0.632. The Kier molecular flexibility index (Phi) is 4.20. The molecule has 1 aliphatic heterocycles. The van der Waals surface area contributed by atoms with Gasteiger partial charge >= 0.3 is 6.18 Å². The molecule has 0 saturated carbocycles. The standard InChI is InChI=1S/C7H7BrClF3OS/c8-1-2-13-6(9)3-5(4-14-6)7(10,11)12/h4H,1-3H2. The molecule has 1 heterocycles. The van der Waals surface area contributed by atoms with Crippen LogP contribution < -0.4 is 0 Å². The summed E-state index contributed by atoms with van der Waals surface area (Å²) in [7, 11) is 0. The van der Waals surface area contributed by atoms with E-state index in [-0.39, 0.29) is 13.0 Å². The van der Waals surface area contributed by atoms with Gasteiger partial charge < -0.3 is 4.74 Å². The van der Waals surface area contributed by atoms with Gasteiger partial charge in [-0.25, -0.2) is 0 Å². The average molecular weight is 312 g/mol. The Bertz CT molecular complexity index is 246. The summed E-state index contributed by atoms with van der Waals surface area (Å²) in [6.45, 7) is 0.287. The van der Waals surface area contributed by atoms with Crippen LogP contribution in [0.4, 0.5) is 13.2 Å². The second kappa shape index (κ2) is 4.63. The Morgan fingerprint density at radius 3 is 2.71 bits per heavy atom. The minimum atomic E-state index is -4.30. The van der Waals surface area contributed by atoms with E-state index in [4.69, 9.17) is 16.3 Å². The second-order valence-corrected chi connectivity index (χ2v) is 5.39. The molecular weight excluding hydrogens is 304 g/mol. The highest BCUT2D eigenvalue weighted by Crippen LogP contribution is 2.49. The highest BCUT2D eigenvalue weighted by Gasteiger charge is 2.45. The zero-order valence-electron chi connectivity index (χ0n) is 6.90. The van der Waals surface area contributed by atoms with Gasteiger partial charge in [0.05, 0.1) is 6.61 Å². The monoisotopic (exact) mass is 310 g/mol. The van der Waals surface area contributed by atoms with Crippen LogP contribution in [0.2, 0.25) is 0 Å². The lowest BCUT2D eigenvalue weighted by molar-refractivity contribution is -0.0963. The van der Waals surface area contributed by atoms with Gasteiger partial charge in [-0.1, -0.05) is 39.3 Å². The molecule has 0 saturated heterocycles. The molecule has 1 nitrogen and oxygen atoms in total. The van der Waals surface area contributed by atoms with E-state index in [1.54, 1.807) is 0 Å². The Morgan fingerprint density at radius 1 is 1.64 bits per heavy atom. The Labute approximate surface area is 97.1 Å². The molecule has 0 radical (unpaired) electrons. The van der Waals surface area contributed by atoms with Crippen molar-refractivity contribution >= 4 is 39.3 Å². The topological polar surface area (TPSA) is 9.23 Å². The summed E-state index contributed by atoms with van der Waals surface area (Å²) in [5, 5.41) is 1.56. The molecule has 1 unspecified atom stereocenters. The van der Waals surface area contributed by atoms with Gasteiger partial charge in [0.2, 0.25) is 0 Å². The summed E-state index contributed by atoms with van der Waals surface area (Å²) < 4.78 is 40.5. The van der Waals surface area contributed by atoms with Crippen LogP contribution in [0.15, 0.2) is 11.0 Å². The van der Waals surface area contributed by atoms with Crippen LogP contribution in [0.1, 0.15) is 6.42 Å². The first kappa shape index (κ1) is 12.7. The van der Waals surface area contributed by atoms with Gasteiger partial charge in [-0.15, -0.1) is 0 Å². The lowest BCUT2D eigenvalue weighted by Gasteiger charge is -2.21. The molecule has 0 aromatic heterocycles. The highest BCUT2D eigenvalue weighted by atomic mass is 79.9. The van der Waals surface area contributed by atoms with Crippen LogP contribution in [0.3, 0.4) is 0 Å². The molecule has 82 valence electrons. The number of hydrogen-bond acceptors (Lipinski definition) is 2. The normalized spacial score (nSPS) is 27.9. The molecule has 1 atom stereocenters. The zero-order chi connectivity index (χ0) is 10.8. The van der Waals surface area contributed by atoms with Crippen molar-refractivity contribution in [3.63, 3.8) is 0 Å². The van der Waals surface area contributed by atoms with Gasteiger partial charge in [-0.3, -0.25) is 0 Å². The fourth-order valence-corrected chi connectivity index (χ4v) is 2.36. The molecule has 0 amide bonds. The van der Waals surface area contributed by atoms with Gasteiger partial charge in [0, 0.05) is 17.3 Å². The fraction of sp³-hybridized carbons (Fsp3) is 0.714. The van der Waals surface area contributed by atoms with Crippen molar-refractivity contribution in [2.24, 2.45) is 0 Å². The summed E-state index contributed by atoms with van der Waals surface area (Å²) in [4.78, 5) is 0. The van der Waals surface area contributed by atoms with Crippen molar-refractivity contribution < 1.29 is 17.9 Å². The minimum absolute atomic E-state index is 0.287. The fourth-order valence-electron chi connectivity index (χ4n) is 0.913. The molecule has 0 fully saturated rings. The third-order valence-electron chi connectivity index (χ3n) is 1.54. The summed E-state index contributed by atoms with van der Waals surface area (Å²) >= 11 is 9.78. The third-order valence-corrected chi connectivity index (χ3v) is 3.39. The number of hydrogen-bond donors (Lipinski definition) is 0. The van der Waals surface area contributed by atoms with E-state index in [0.29, 0.717) is 5.33 Å². The number of halogens is 5. The van der Waals surface area contributed by atoms with Crippen molar-refractivity contribution in [1.82, 2.24) is 0 Å². The summed E-state index contributed by atoms with van der Waals surface area (Å²) in [6, 6.07) is 0. The first-order valence-corrected chi connectivity index (χ1v) is 6.08. The van der Waals surface area contributed by atoms with Crippen LogP contribution in [-0.2, 0) is 4.74 Å². The van der Waals surface area contributed by atoms with Crippen LogP contribution in [0, 0.1) is 0 Å². The molecule has 14 heavy (non-hydrogen) atoms. The highest BCUT2D eigenvalue weighted by molar-refractivity contribution is 9.09. The number of alkyl halides is 5. The van der Waals surface area contributed by atoms with Crippen molar-refractivity contribution in [1.29, 1.82) is 0 Å². The molecule has 0 N–H and O–H groups in total. The van der Waals surface area contributed by atoms with Gasteiger partial charge in [0.1, 0.15) is 0 Å². The van der Waals surface area contributed by atoms with Gasteiger partial charge in [-0.05, 0) is 5.41 Å². The minimum Gasteiger partial charge on any atom is -0.349 e.